The highest BCUT2D eigenvalue weighted by atomic mass is 16.5. The number of carboxylic acid groups (broad SMARTS) is 1. The average molecular weight is 343 g/mol. The Balaban J connectivity index is 1.84. The number of piperidine rings is 1. The predicted octanol–water partition coefficient (Wildman–Crippen LogP) is 1.65. The Kier molecular flexibility index (Phi) is 4.91. The van der Waals surface area contributed by atoms with E-state index in [-0.39, 0.29) is 25.0 Å². The number of rotatable bonds is 5. The van der Waals surface area contributed by atoms with Crippen molar-refractivity contribution in [2.75, 3.05) is 26.7 Å². The molecule has 1 atom stereocenters. The number of amides is 1. The number of fused-ring (bicyclic) bond motifs is 1. The van der Waals surface area contributed by atoms with E-state index in [1.165, 1.54) is 4.90 Å². The van der Waals surface area contributed by atoms with Gasteiger partial charge >= 0.3 is 5.97 Å². The van der Waals surface area contributed by atoms with Gasteiger partial charge in [-0.1, -0.05) is 12.1 Å². The average Bonchev–Trinajstić information content (AvgIpc) is 2.87. The predicted molar refractivity (Wildman–Crippen MR) is 89.2 cm³/mol. The number of carbonyl (C=O) groups is 2. The fraction of sp³-hybridized carbons (Fsp3) is 0.500. The fourth-order valence-electron chi connectivity index (χ4n) is 3.40. The highest BCUT2D eigenvalue weighted by molar-refractivity contribution is 6.02. The number of nitrogens with zero attached hydrogens (tertiary/aromatic N) is 3. The Morgan fingerprint density at radius 3 is 2.76 bits per heavy atom. The van der Waals surface area contributed by atoms with E-state index < -0.39 is 12.0 Å². The van der Waals surface area contributed by atoms with E-state index in [1.54, 1.807) is 18.2 Å². The number of carboxylic acids is 1. The number of hydrogen-bond donors (Lipinski definition) is 1. The maximum absolute atomic E-state index is 12.8. The van der Waals surface area contributed by atoms with Gasteiger partial charge in [0.15, 0.2) is 0 Å². The molecule has 0 radical (unpaired) electrons. The molecular weight excluding hydrogens is 322 g/mol. The first-order valence-corrected chi connectivity index (χ1v) is 8.41. The SMILES string of the molecule is CN1CCC(Oc2cccc3c2C(=O)N(CCC(=O)O)C3C#N)CC1. The van der Waals surface area contributed by atoms with Crippen LogP contribution < -0.4 is 4.74 Å². The molecule has 1 fully saturated rings. The minimum absolute atomic E-state index is 0.00867. The molecule has 3 rings (SSSR count). The number of benzene rings is 1. The monoisotopic (exact) mass is 343 g/mol. The molecule has 1 amide bonds. The van der Waals surface area contributed by atoms with E-state index in [1.807, 2.05) is 0 Å². The molecule has 0 bridgehead atoms. The third-order valence-corrected chi connectivity index (χ3v) is 4.79. The van der Waals surface area contributed by atoms with Crippen LogP contribution in [0.4, 0.5) is 0 Å². The van der Waals surface area contributed by atoms with Gasteiger partial charge in [0.25, 0.3) is 5.91 Å². The normalized spacial score (nSPS) is 21.0. The Labute approximate surface area is 146 Å². The molecule has 25 heavy (non-hydrogen) atoms. The lowest BCUT2D eigenvalue weighted by atomic mass is 10.0. The molecule has 132 valence electrons. The molecule has 2 aliphatic heterocycles. The standard InChI is InChI=1S/C18H21N3O4/c1-20-8-5-12(6-9-20)25-15-4-2-3-13-14(11-19)21(10-7-16(22)23)18(24)17(13)15/h2-4,12,14H,5-10H2,1H3,(H,22,23). The van der Waals surface area contributed by atoms with Crippen LogP contribution in [0.15, 0.2) is 18.2 Å². The summed E-state index contributed by atoms with van der Waals surface area (Å²) >= 11 is 0. The minimum atomic E-state index is -0.997. The molecule has 2 aliphatic rings. The van der Waals surface area contributed by atoms with Crippen molar-refractivity contribution in [3.8, 4) is 11.8 Å². The largest absolute Gasteiger partial charge is 0.489 e. The van der Waals surface area contributed by atoms with Gasteiger partial charge in [0, 0.05) is 25.2 Å². The zero-order chi connectivity index (χ0) is 18.0. The summed E-state index contributed by atoms with van der Waals surface area (Å²) in [5.41, 5.74) is 1.00. The maximum atomic E-state index is 12.8. The first-order valence-electron chi connectivity index (χ1n) is 8.41. The quantitative estimate of drug-likeness (QED) is 0.874. The van der Waals surface area contributed by atoms with Gasteiger partial charge in [0.1, 0.15) is 17.9 Å². The van der Waals surface area contributed by atoms with Gasteiger partial charge in [-0.05, 0) is 26.0 Å². The summed E-state index contributed by atoms with van der Waals surface area (Å²) in [6.07, 6.45) is 1.63. The van der Waals surface area contributed by atoms with Crippen molar-refractivity contribution in [2.24, 2.45) is 0 Å². The maximum Gasteiger partial charge on any atom is 0.305 e. The number of hydrogen-bond acceptors (Lipinski definition) is 5. The van der Waals surface area contributed by atoms with Gasteiger partial charge in [-0.2, -0.15) is 5.26 Å². The van der Waals surface area contributed by atoms with Crippen LogP contribution in [0, 0.1) is 11.3 Å². The molecule has 0 aromatic heterocycles. The summed E-state index contributed by atoms with van der Waals surface area (Å²) in [5.74, 6) is -0.829. The molecule has 1 N–H and O–H groups in total. The molecule has 1 aromatic carbocycles. The van der Waals surface area contributed by atoms with Crippen LogP contribution in [0.25, 0.3) is 0 Å². The van der Waals surface area contributed by atoms with Crippen molar-refractivity contribution < 1.29 is 19.4 Å². The number of aliphatic carboxylic acids is 1. The highest BCUT2D eigenvalue weighted by Gasteiger charge is 2.39. The molecule has 7 heteroatoms. The number of nitriles is 1. The lowest BCUT2D eigenvalue weighted by Crippen LogP contribution is -2.36. The van der Waals surface area contributed by atoms with E-state index >= 15 is 0 Å². The van der Waals surface area contributed by atoms with Crippen molar-refractivity contribution in [3.05, 3.63) is 29.3 Å². The summed E-state index contributed by atoms with van der Waals surface area (Å²) in [5, 5.41) is 18.3. The summed E-state index contributed by atoms with van der Waals surface area (Å²) in [4.78, 5) is 27.2. The molecule has 1 saturated heterocycles. The van der Waals surface area contributed by atoms with Crippen LogP contribution in [0.2, 0.25) is 0 Å². The molecule has 0 aliphatic carbocycles. The van der Waals surface area contributed by atoms with Crippen LogP contribution in [-0.4, -0.2) is 59.6 Å². The summed E-state index contributed by atoms with van der Waals surface area (Å²) in [7, 11) is 2.07. The van der Waals surface area contributed by atoms with E-state index in [2.05, 4.69) is 18.0 Å². The smallest absolute Gasteiger partial charge is 0.305 e. The molecular formula is C18H21N3O4. The summed E-state index contributed by atoms with van der Waals surface area (Å²) < 4.78 is 6.08. The third-order valence-electron chi connectivity index (χ3n) is 4.79. The first kappa shape index (κ1) is 17.2. The van der Waals surface area contributed by atoms with Crippen molar-refractivity contribution in [3.63, 3.8) is 0 Å². The van der Waals surface area contributed by atoms with Crippen LogP contribution in [0.3, 0.4) is 0 Å². The number of likely N-dealkylation sites (tertiary alicyclic amines) is 1. The van der Waals surface area contributed by atoms with Gasteiger partial charge in [0.2, 0.25) is 0 Å². The summed E-state index contributed by atoms with van der Waals surface area (Å²) in [6, 6.07) is 6.62. The van der Waals surface area contributed by atoms with Gasteiger partial charge in [-0.25, -0.2) is 0 Å². The van der Waals surface area contributed by atoms with Crippen molar-refractivity contribution >= 4 is 11.9 Å². The van der Waals surface area contributed by atoms with Gasteiger partial charge in [0.05, 0.1) is 18.1 Å². The molecule has 1 unspecified atom stereocenters. The minimum Gasteiger partial charge on any atom is -0.489 e. The second-order valence-corrected chi connectivity index (χ2v) is 6.51. The Bertz CT molecular complexity index is 720. The third kappa shape index (κ3) is 3.44. The fourth-order valence-corrected chi connectivity index (χ4v) is 3.40. The second-order valence-electron chi connectivity index (χ2n) is 6.51. The molecule has 0 saturated carbocycles. The van der Waals surface area contributed by atoms with E-state index in [0.29, 0.717) is 16.9 Å². The first-order chi connectivity index (χ1) is 12.0. The molecule has 0 spiro atoms. The van der Waals surface area contributed by atoms with E-state index in [0.717, 1.165) is 25.9 Å². The zero-order valence-corrected chi connectivity index (χ0v) is 14.1. The van der Waals surface area contributed by atoms with Crippen LogP contribution in [-0.2, 0) is 4.79 Å². The lowest BCUT2D eigenvalue weighted by molar-refractivity contribution is -0.137. The Morgan fingerprint density at radius 1 is 1.40 bits per heavy atom. The number of carbonyl (C=O) groups excluding carboxylic acids is 1. The van der Waals surface area contributed by atoms with Gasteiger partial charge in [-0.15, -0.1) is 0 Å². The zero-order valence-electron chi connectivity index (χ0n) is 14.1. The van der Waals surface area contributed by atoms with Crippen molar-refractivity contribution in [1.82, 2.24) is 9.80 Å². The molecule has 7 nitrogen and oxygen atoms in total. The highest BCUT2D eigenvalue weighted by Crippen LogP contribution is 2.39. The van der Waals surface area contributed by atoms with Gasteiger partial charge in [-0.3, -0.25) is 9.59 Å². The topological polar surface area (TPSA) is 93.9 Å². The Hall–Kier alpha value is -2.59. The summed E-state index contributed by atoms with van der Waals surface area (Å²) in [6.45, 7) is 1.90. The van der Waals surface area contributed by atoms with Crippen LogP contribution in [0.5, 0.6) is 5.75 Å². The molecule has 2 heterocycles. The second kappa shape index (κ2) is 7.11. The van der Waals surface area contributed by atoms with E-state index in [4.69, 9.17) is 9.84 Å². The molecule has 1 aromatic rings. The van der Waals surface area contributed by atoms with Crippen LogP contribution >= 0.6 is 0 Å². The lowest BCUT2D eigenvalue weighted by Gasteiger charge is -2.29. The van der Waals surface area contributed by atoms with Crippen molar-refractivity contribution in [2.45, 2.75) is 31.4 Å². The number of ether oxygens (including phenoxy) is 1. The van der Waals surface area contributed by atoms with E-state index in [9.17, 15) is 14.9 Å². The van der Waals surface area contributed by atoms with Gasteiger partial charge < -0.3 is 19.6 Å². The Morgan fingerprint density at radius 2 is 2.12 bits per heavy atom. The van der Waals surface area contributed by atoms with Crippen molar-refractivity contribution in [1.29, 1.82) is 5.26 Å². The van der Waals surface area contributed by atoms with Crippen LogP contribution in [0.1, 0.15) is 41.2 Å².